The predicted octanol–water partition coefficient (Wildman–Crippen LogP) is 2.44. The first-order valence-electron chi connectivity index (χ1n) is 6.70. The molecule has 0 bridgehead atoms. The Balaban J connectivity index is 2.24. The highest BCUT2D eigenvalue weighted by Gasteiger charge is 2.24. The number of fused-ring (bicyclic) bond motifs is 1. The first-order valence-corrected chi connectivity index (χ1v) is 6.70. The van der Waals surface area contributed by atoms with Crippen LogP contribution < -0.4 is 5.73 Å². The van der Waals surface area contributed by atoms with E-state index in [9.17, 15) is 0 Å². The quantitative estimate of drug-likeness (QED) is 0.855. The Morgan fingerprint density at radius 1 is 1.29 bits per heavy atom. The summed E-state index contributed by atoms with van der Waals surface area (Å²) < 4.78 is 2.35. The Bertz CT molecular complexity index is 398. The molecule has 0 saturated carbocycles. The maximum atomic E-state index is 6.30. The van der Waals surface area contributed by atoms with E-state index in [2.05, 4.69) is 32.3 Å². The van der Waals surface area contributed by atoms with Gasteiger partial charge in [0.25, 0.3) is 0 Å². The Kier molecular flexibility index (Phi) is 3.30. The van der Waals surface area contributed by atoms with E-state index < -0.39 is 0 Å². The molecule has 1 heterocycles. The molecule has 1 aliphatic rings. The standard InChI is InChI=1S/C14H25N3/c1-10-16-11-7-5-6-8-12(11)17(10)9-13(15)14(2,3)4/h13H,5-9,15H2,1-4H3. The lowest BCUT2D eigenvalue weighted by Gasteiger charge is -2.28. The molecule has 1 unspecified atom stereocenters. The molecule has 3 nitrogen and oxygen atoms in total. The fourth-order valence-electron chi connectivity index (χ4n) is 2.45. The molecule has 96 valence electrons. The number of hydrogen-bond donors (Lipinski definition) is 1. The summed E-state index contributed by atoms with van der Waals surface area (Å²) in [7, 11) is 0. The number of imidazole rings is 1. The van der Waals surface area contributed by atoms with E-state index in [1.807, 2.05) is 0 Å². The van der Waals surface area contributed by atoms with Gasteiger partial charge in [0.05, 0.1) is 5.69 Å². The first kappa shape index (κ1) is 12.6. The number of aryl methyl sites for hydroxylation is 2. The molecule has 17 heavy (non-hydrogen) atoms. The second kappa shape index (κ2) is 4.45. The molecule has 0 aliphatic heterocycles. The van der Waals surface area contributed by atoms with Crippen LogP contribution in [0.3, 0.4) is 0 Å². The lowest BCUT2D eigenvalue weighted by Crippen LogP contribution is -2.39. The number of hydrogen-bond acceptors (Lipinski definition) is 2. The van der Waals surface area contributed by atoms with Crippen molar-refractivity contribution in [3.63, 3.8) is 0 Å². The number of aromatic nitrogens is 2. The zero-order chi connectivity index (χ0) is 12.6. The van der Waals surface area contributed by atoms with E-state index >= 15 is 0 Å². The van der Waals surface area contributed by atoms with Crippen molar-refractivity contribution in [2.75, 3.05) is 0 Å². The zero-order valence-electron chi connectivity index (χ0n) is 11.6. The molecule has 0 amide bonds. The third-order valence-electron chi connectivity index (χ3n) is 3.92. The normalized spacial score (nSPS) is 17.9. The van der Waals surface area contributed by atoms with Crippen LogP contribution in [0.1, 0.15) is 50.8 Å². The average molecular weight is 235 g/mol. The van der Waals surface area contributed by atoms with E-state index in [1.54, 1.807) is 0 Å². The SMILES string of the molecule is Cc1nc2c(n1CC(N)C(C)(C)C)CCCC2. The molecule has 0 aromatic carbocycles. The second-order valence-electron chi connectivity index (χ2n) is 6.34. The van der Waals surface area contributed by atoms with Crippen molar-refractivity contribution in [3.05, 3.63) is 17.2 Å². The van der Waals surface area contributed by atoms with Gasteiger partial charge in [0.15, 0.2) is 0 Å². The zero-order valence-corrected chi connectivity index (χ0v) is 11.6. The Labute approximate surface area is 104 Å². The summed E-state index contributed by atoms with van der Waals surface area (Å²) in [5, 5.41) is 0. The molecule has 0 spiro atoms. The van der Waals surface area contributed by atoms with Crippen molar-refractivity contribution >= 4 is 0 Å². The van der Waals surface area contributed by atoms with Crippen LogP contribution in [0.15, 0.2) is 0 Å². The smallest absolute Gasteiger partial charge is 0.106 e. The van der Waals surface area contributed by atoms with E-state index in [0.717, 1.165) is 18.8 Å². The molecule has 1 aliphatic carbocycles. The van der Waals surface area contributed by atoms with Gasteiger partial charge in [-0.3, -0.25) is 0 Å². The molecule has 2 N–H and O–H groups in total. The molecular formula is C14H25N3. The molecule has 1 aromatic heterocycles. The van der Waals surface area contributed by atoms with Crippen molar-refractivity contribution in [2.45, 2.75) is 66.0 Å². The second-order valence-corrected chi connectivity index (χ2v) is 6.34. The fourth-order valence-corrected chi connectivity index (χ4v) is 2.45. The van der Waals surface area contributed by atoms with Crippen molar-refractivity contribution in [2.24, 2.45) is 11.1 Å². The monoisotopic (exact) mass is 235 g/mol. The maximum Gasteiger partial charge on any atom is 0.106 e. The fraction of sp³-hybridized carbons (Fsp3) is 0.786. The Hall–Kier alpha value is -0.830. The van der Waals surface area contributed by atoms with E-state index in [0.29, 0.717) is 0 Å². The summed E-state index contributed by atoms with van der Waals surface area (Å²) in [6.07, 6.45) is 4.90. The summed E-state index contributed by atoms with van der Waals surface area (Å²) in [5.41, 5.74) is 9.20. The van der Waals surface area contributed by atoms with Crippen LogP contribution in [0.4, 0.5) is 0 Å². The van der Waals surface area contributed by atoms with E-state index in [1.165, 1.54) is 30.7 Å². The van der Waals surface area contributed by atoms with Crippen molar-refractivity contribution in [1.29, 1.82) is 0 Å². The lowest BCUT2D eigenvalue weighted by molar-refractivity contribution is 0.287. The minimum atomic E-state index is 0.151. The van der Waals surface area contributed by atoms with Crippen LogP contribution in [0.5, 0.6) is 0 Å². The van der Waals surface area contributed by atoms with Gasteiger partial charge in [-0.05, 0) is 38.0 Å². The highest BCUT2D eigenvalue weighted by molar-refractivity contribution is 5.20. The Morgan fingerprint density at radius 2 is 1.94 bits per heavy atom. The van der Waals surface area contributed by atoms with Crippen molar-refractivity contribution < 1.29 is 0 Å². The topological polar surface area (TPSA) is 43.8 Å². The molecule has 0 saturated heterocycles. The van der Waals surface area contributed by atoms with Crippen LogP contribution in [-0.2, 0) is 19.4 Å². The Morgan fingerprint density at radius 3 is 2.59 bits per heavy atom. The molecule has 1 atom stereocenters. The molecule has 0 radical (unpaired) electrons. The average Bonchev–Trinajstić information content (AvgIpc) is 2.54. The molecule has 0 fully saturated rings. The summed E-state index contributed by atoms with van der Waals surface area (Å²) >= 11 is 0. The molecule has 2 rings (SSSR count). The maximum absolute atomic E-state index is 6.30. The molecule has 3 heteroatoms. The van der Waals surface area contributed by atoms with Gasteiger partial charge in [-0.15, -0.1) is 0 Å². The first-order chi connectivity index (χ1) is 7.89. The van der Waals surface area contributed by atoms with Gasteiger partial charge in [0.2, 0.25) is 0 Å². The van der Waals surface area contributed by atoms with Crippen molar-refractivity contribution in [3.8, 4) is 0 Å². The van der Waals surface area contributed by atoms with Gasteiger partial charge in [-0.2, -0.15) is 0 Å². The van der Waals surface area contributed by atoms with E-state index in [4.69, 9.17) is 10.7 Å². The van der Waals surface area contributed by atoms with Crippen molar-refractivity contribution in [1.82, 2.24) is 9.55 Å². The minimum absolute atomic E-state index is 0.151. The highest BCUT2D eigenvalue weighted by atomic mass is 15.1. The summed E-state index contributed by atoms with van der Waals surface area (Å²) in [4.78, 5) is 4.69. The van der Waals surface area contributed by atoms with Gasteiger partial charge in [0, 0.05) is 18.3 Å². The van der Waals surface area contributed by atoms with Gasteiger partial charge < -0.3 is 10.3 Å². The van der Waals surface area contributed by atoms with Crippen LogP contribution in [0, 0.1) is 12.3 Å². The van der Waals surface area contributed by atoms with Crippen LogP contribution >= 0.6 is 0 Å². The highest BCUT2D eigenvalue weighted by Crippen LogP contribution is 2.25. The summed E-state index contributed by atoms with van der Waals surface area (Å²) in [6, 6.07) is 0.182. The largest absolute Gasteiger partial charge is 0.330 e. The molecule has 1 aromatic rings. The number of rotatable bonds is 2. The summed E-state index contributed by atoms with van der Waals surface area (Å²) in [5.74, 6) is 1.14. The van der Waals surface area contributed by atoms with Gasteiger partial charge >= 0.3 is 0 Å². The van der Waals surface area contributed by atoms with Crippen LogP contribution in [-0.4, -0.2) is 15.6 Å². The van der Waals surface area contributed by atoms with Crippen LogP contribution in [0.2, 0.25) is 0 Å². The van der Waals surface area contributed by atoms with Gasteiger partial charge in [-0.1, -0.05) is 20.8 Å². The lowest BCUT2D eigenvalue weighted by atomic mass is 9.87. The number of nitrogens with zero attached hydrogens (tertiary/aromatic N) is 2. The number of nitrogens with two attached hydrogens (primary N) is 1. The van der Waals surface area contributed by atoms with E-state index in [-0.39, 0.29) is 11.5 Å². The molecular weight excluding hydrogens is 210 g/mol. The minimum Gasteiger partial charge on any atom is -0.330 e. The third-order valence-corrected chi connectivity index (χ3v) is 3.92. The predicted molar refractivity (Wildman–Crippen MR) is 71.0 cm³/mol. The van der Waals surface area contributed by atoms with Crippen LogP contribution in [0.25, 0.3) is 0 Å². The summed E-state index contributed by atoms with van der Waals surface area (Å²) in [6.45, 7) is 9.62. The van der Waals surface area contributed by atoms with Gasteiger partial charge in [0.1, 0.15) is 5.82 Å². The third kappa shape index (κ3) is 2.54. The van der Waals surface area contributed by atoms with Gasteiger partial charge in [-0.25, -0.2) is 4.98 Å².